The number of para-hydroxylation sites is 2. The van der Waals surface area contributed by atoms with Crippen LogP contribution in [0.25, 0.3) is 0 Å². The van der Waals surface area contributed by atoms with Crippen LogP contribution in [-0.2, 0) is 6.54 Å². The molecule has 7 heteroatoms. The topological polar surface area (TPSA) is 86.4 Å². The van der Waals surface area contributed by atoms with Crippen LogP contribution >= 0.6 is 0 Å². The molecular formula is C32H34N6O. The maximum absolute atomic E-state index is 13.6. The van der Waals surface area contributed by atoms with E-state index in [1.807, 2.05) is 60.4 Å². The fraction of sp³-hybridized carbons (Fsp3) is 0.344. The molecule has 39 heavy (non-hydrogen) atoms. The van der Waals surface area contributed by atoms with E-state index >= 15 is 0 Å². The monoisotopic (exact) mass is 518 g/mol. The molecule has 2 heterocycles. The van der Waals surface area contributed by atoms with Crippen molar-refractivity contribution in [2.24, 2.45) is 0 Å². The van der Waals surface area contributed by atoms with Gasteiger partial charge in [0.05, 0.1) is 22.5 Å². The van der Waals surface area contributed by atoms with Crippen molar-refractivity contribution in [1.82, 2.24) is 10.2 Å². The summed E-state index contributed by atoms with van der Waals surface area (Å²) in [5, 5.41) is 22.6. The summed E-state index contributed by atoms with van der Waals surface area (Å²) in [4.78, 5) is 20.0. The van der Waals surface area contributed by atoms with E-state index in [1.165, 1.54) is 5.56 Å². The molecule has 3 aromatic rings. The highest BCUT2D eigenvalue weighted by Gasteiger charge is 2.26. The normalized spacial score (nSPS) is 17.1. The second-order valence-electron chi connectivity index (χ2n) is 10.4. The number of carbonyl (C=O) groups excluding carboxylic acids is 1. The molecule has 0 spiro atoms. The fourth-order valence-electron chi connectivity index (χ4n) is 5.73. The van der Waals surface area contributed by atoms with Gasteiger partial charge in [-0.3, -0.25) is 4.79 Å². The van der Waals surface area contributed by atoms with Crippen LogP contribution < -0.4 is 15.1 Å². The van der Waals surface area contributed by atoms with Crippen molar-refractivity contribution in [3.63, 3.8) is 0 Å². The first-order valence-electron chi connectivity index (χ1n) is 13.6. The van der Waals surface area contributed by atoms with Crippen molar-refractivity contribution >= 4 is 17.3 Å². The summed E-state index contributed by atoms with van der Waals surface area (Å²) in [5.74, 6) is 0.0714. The molecule has 2 aliphatic heterocycles. The Labute approximate surface area is 230 Å². The lowest BCUT2D eigenvalue weighted by molar-refractivity contribution is 0.0746. The van der Waals surface area contributed by atoms with Crippen molar-refractivity contribution in [3.05, 3.63) is 94.0 Å². The van der Waals surface area contributed by atoms with Gasteiger partial charge in [-0.1, -0.05) is 30.3 Å². The number of anilines is 2. The zero-order chi connectivity index (χ0) is 27.4. The smallest absolute Gasteiger partial charge is 0.254 e. The predicted octanol–water partition coefficient (Wildman–Crippen LogP) is 4.38. The van der Waals surface area contributed by atoms with Gasteiger partial charge in [0.15, 0.2) is 0 Å². The first kappa shape index (κ1) is 26.3. The lowest BCUT2D eigenvalue weighted by atomic mass is 9.98. The Bertz CT molecular complexity index is 1440. The average Bonchev–Trinajstić information content (AvgIpc) is 3.45. The number of piperazine rings is 1. The molecule has 2 aliphatic rings. The van der Waals surface area contributed by atoms with E-state index in [2.05, 4.69) is 46.3 Å². The van der Waals surface area contributed by atoms with Gasteiger partial charge in [-0.15, -0.1) is 0 Å². The Balaban J connectivity index is 1.22. The summed E-state index contributed by atoms with van der Waals surface area (Å²) in [6, 6.07) is 24.5. The maximum atomic E-state index is 13.6. The van der Waals surface area contributed by atoms with E-state index in [4.69, 9.17) is 0 Å². The zero-order valence-electron chi connectivity index (χ0n) is 22.7. The third-order valence-electron chi connectivity index (χ3n) is 7.98. The van der Waals surface area contributed by atoms with Crippen molar-refractivity contribution in [2.45, 2.75) is 32.9 Å². The lowest BCUT2D eigenvalue weighted by Crippen LogP contribution is -2.49. The van der Waals surface area contributed by atoms with Crippen LogP contribution in [0.15, 0.2) is 60.7 Å². The molecule has 2 fully saturated rings. The van der Waals surface area contributed by atoms with Gasteiger partial charge in [0.2, 0.25) is 0 Å². The van der Waals surface area contributed by atoms with Crippen LogP contribution in [0, 0.1) is 36.5 Å². The molecule has 1 amide bonds. The number of hydrogen-bond donors (Lipinski definition) is 1. The molecule has 7 nitrogen and oxygen atoms in total. The van der Waals surface area contributed by atoms with Crippen molar-refractivity contribution in [2.75, 3.05) is 49.1 Å². The molecule has 0 saturated carbocycles. The number of nitrogens with one attached hydrogen (secondary N) is 1. The van der Waals surface area contributed by atoms with Gasteiger partial charge in [0, 0.05) is 57.4 Å². The number of nitrogens with zero attached hydrogens (tertiary/aromatic N) is 5. The van der Waals surface area contributed by atoms with Crippen LogP contribution in [0.3, 0.4) is 0 Å². The molecule has 0 aliphatic carbocycles. The minimum Gasteiger partial charge on any atom is -0.369 e. The molecule has 2 saturated heterocycles. The van der Waals surface area contributed by atoms with E-state index in [9.17, 15) is 15.3 Å². The molecule has 198 valence electrons. The molecule has 3 aromatic carbocycles. The number of amides is 1. The first-order valence-corrected chi connectivity index (χ1v) is 13.6. The molecule has 5 rings (SSSR count). The van der Waals surface area contributed by atoms with Crippen molar-refractivity contribution in [3.8, 4) is 12.1 Å². The molecule has 1 atom stereocenters. The van der Waals surface area contributed by atoms with E-state index in [0.717, 1.165) is 47.6 Å². The average molecular weight is 519 g/mol. The third-order valence-corrected chi connectivity index (χ3v) is 7.98. The summed E-state index contributed by atoms with van der Waals surface area (Å²) >= 11 is 0. The van der Waals surface area contributed by atoms with Crippen LogP contribution in [0.1, 0.15) is 44.6 Å². The lowest BCUT2D eigenvalue weighted by Gasteiger charge is -2.36. The summed E-state index contributed by atoms with van der Waals surface area (Å²) in [5.41, 5.74) is 7.40. The highest BCUT2D eigenvalue weighted by molar-refractivity contribution is 5.96. The Morgan fingerprint density at radius 3 is 2.10 bits per heavy atom. The number of nitriles is 2. The van der Waals surface area contributed by atoms with Gasteiger partial charge >= 0.3 is 0 Å². The second-order valence-corrected chi connectivity index (χ2v) is 10.4. The zero-order valence-corrected chi connectivity index (χ0v) is 22.7. The first-order chi connectivity index (χ1) is 19.0. The summed E-state index contributed by atoms with van der Waals surface area (Å²) in [6.45, 7) is 9.25. The van der Waals surface area contributed by atoms with Gasteiger partial charge < -0.3 is 20.0 Å². The van der Waals surface area contributed by atoms with Gasteiger partial charge in [0.25, 0.3) is 5.91 Å². The molecular weight excluding hydrogens is 484 g/mol. The quantitative estimate of drug-likeness (QED) is 0.521. The highest BCUT2D eigenvalue weighted by atomic mass is 16.2. The standard InChI is InChI=1S/C32H34N6O/c1-23-17-24(2)29(32(39)37-15-13-36(14-16-37)30-9-5-3-7-25(30)19-33)18-27(23)21-35-28-11-12-38(22-28)31-10-6-4-8-26(31)20-34/h3-10,17-18,28,35H,11-16,21-22H2,1-2H3/t28-/m0/s1. The van der Waals surface area contributed by atoms with E-state index < -0.39 is 0 Å². The summed E-state index contributed by atoms with van der Waals surface area (Å²) in [6.07, 6.45) is 1.01. The van der Waals surface area contributed by atoms with Crippen molar-refractivity contribution < 1.29 is 4.79 Å². The van der Waals surface area contributed by atoms with E-state index in [1.54, 1.807) is 0 Å². The minimum absolute atomic E-state index is 0.0714. The Kier molecular flexibility index (Phi) is 7.81. The van der Waals surface area contributed by atoms with Crippen LogP contribution in [0.5, 0.6) is 0 Å². The molecule has 0 radical (unpaired) electrons. The molecule has 0 aromatic heterocycles. The number of hydrogen-bond acceptors (Lipinski definition) is 6. The van der Waals surface area contributed by atoms with Crippen molar-refractivity contribution in [1.29, 1.82) is 10.5 Å². The fourth-order valence-corrected chi connectivity index (χ4v) is 5.73. The maximum Gasteiger partial charge on any atom is 0.254 e. The largest absolute Gasteiger partial charge is 0.369 e. The number of carbonyl (C=O) groups is 1. The van der Waals surface area contributed by atoms with Crippen LogP contribution in [-0.4, -0.2) is 56.1 Å². The Morgan fingerprint density at radius 2 is 1.46 bits per heavy atom. The molecule has 1 N–H and O–H groups in total. The third kappa shape index (κ3) is 5.60. The highest BCUT2D eigenvalue weighted by Crippen LogP contribution is 2.26. The summed E-state index contributed by atoms with van der Waals surface area (Å²) in [7, 11) is 0. The predicted molar refractivity (Wildman–Crippen MR) is 154 cm³/mol. The van der Waals surface area contributed by atoms with Gasteiger partial charge in [-0.2, -0.15) is 10.5 Å². The van der Waals surface area contributed by atoms with E-state index in [-0.39, 0.29) is 5.91 Å². The molecule has 0 bridgehead atoms. The second kappa shape index (κ2) is 11.6. The van der Waals surface area contributed by atoms with Crippen LogP contribution in [0.4, 0.5) is 11.4 Å². The summed E-state index contributed by atoms with van der Waals surface area (Å²) < 4.78 is 0. The Morgan fingerprint density at radius 1 is 0.846 bits per heavy atom. The molecule has 0 unspecified atom stereocenters. The van der Waals surface area contributed by atoms with Gasteiger partial charge in [-0.25, -0.2) is 0 Å². The number of aryl methyl sites for hydroxylation is 2. The number of rotatable bonds is 6. The van der Waals surface area contributed by atoms with Gasteiger partial charge in [0.1, 0.15) is 12.1 Å². The van der Waals surface area contributed by atoms with Gasteiger partial charge in [-0.05, 0) is 67.3 Å². The minimum atomic E-state index is 0.0714. The SMILES string of the molecule is Cc1cc(C)c(C(=O)N2CCN(c3ccccc3C#N)CC2)cc1CN[C@H]1CCN(c2ccccc2C#N)C1. The van der Waals surface area contributed by atoms with E-state index in [0.29, 0.717) is 49.9 Å². The number of benzene rings is 3. The van der Waals surface area contributed by atoms with Crippen LogP contribution in [0.2, 0.25) is 0 Å². The Hall–Kier alpha value is -4.33.